The summed E-state index contributed by atoms with van der Waals surface area (Å²) in [7, 11) is 4.36. The first-order valence-corrected chi connectivity index (χ1v) is 23.6. The van der Waals surface area contributed by atoms with E-state index in [1.807, 2.05) is 79.7 Å². The summed E-state index contributed by atoms with van der Waals surface area (Å²) >= 11 is 37.9. The molecule has 1 unspecified atom stereocenters. The van der Waals surface area contributed by atoms with Gasteiger partial charge in [0.25, 0.3) is 11.1 Å². The van der Waals surface area contributed by atoms with E-state index >= 15 is 0 Å². The molecule has 1 amide bonds. The van der Waals surface area contributed by atoms with Gasteiger partial charge in [-0.25, -0.2) is 11.0 Å². The third-order valence-corrected chi connectivity index (χ3v) is 9.93. The molecular formula is C52H59Cl7N6O5. The Morgan fingerprint density at radius 3 is 1.29 bits per heavy atom. The maximum Gasteiger partial charge on any atom is 0.278 e. The normalized spacial score (nSPS) is 9.59. The highest BCUT2D eigenvalue weighted by molar-refractivity contribution is 6.68. The summed E-state index contributed by atoms with van der Waals surface area (Å²) in [6.07, 6.45) is 14.5. The van der Waals surface area contributed by atoms with Crippen LogP contribution < -0.4 is 11.6 Å². The summed E-state index contributed by atoms with van der Waals surface area (Å²) in [6, 6.07) is 39.7. The van der Waals surface area contributed by atoms with E-state index in [9.17, 15) is 14.4 Å². The van der Waals surface area contributed by atoms with Crippen LogP contribution in [0, 0.1) is 6.92 Å². The van der Waals surface area contributed by atoms with Crippen molar-refractivity contribution >= 4 is 98.1 Å². The molecule has 0 saturated heterocycles. The minimum atomic E-state index is -0.523. The van der Waals surface area contributed by atoms with Gasteiger partial charge in [0.2, 0.25) is 0 Å². The van der Waals surface area contributed by atoms with Crippen LogP contribution >= 0.6 is 81.2 Å². The third-order valence-electron chi connectivity index (χ3n) is 8.39. The molecule has 0 aliphatic heterocycles. The van der Waals surface area contributed by atoms with Gasteiger partial charge in [0.15, 0.2) is 5.78 Å². The molecule has 4 aromatic carbocycles. The van der Waals surface area contributed by atoms with Crippen molar-refractivity contribution in [3.8, 4) is 0 Å². The van der Waals surface area contributed by atoms with Crippen LogP contribution in [-0.2, 0) is 22.5 Å². The highest BCUT2D eigenvalue weighted by atomic mass is 35.5. The van der Waals surface area contributed by atoms with Crippen molar-refractivity contribution < 1.29 is 24.1 Å². The lowest BCUT2D eigenvalue weighted by atomic mass is 10.0. The molecule has 7 rings (SSSR count). The van der Waals surface area contributed by atoms with Gasteiger partial charge in [-0.1, -0.05) is 108 Å². The van der Waals surface area contributed by atoms with Gasteiger partial charge in [0, 0.05) is 80.0 Å². The third kappa shape index (κ3) is 28.0. The molecule has 0 aliphatic rings. The number of nitrogens with zero attached hydrogens (tertiary/aromatic N) is 4. The van der Waals surface area contributed by atoms with Crippen molar-refractivity contribution in [1.82, 2.24) is 20.0 Å². The Kier molecular flexibility index (Phi) is 40.0. The number of ketones is 1. The van der Waals surface area contributed by atoms with E-state index in [1.165, 1.54) is 45.2 Å². The Morgan fingerprint density at radius 1 is 0.571 bits per heavy atom. The number of amides is 1. The van der Waals surface area contributed by atoms with E-state index in [4.69, 9.17) is 68.6 Å². The maximum absolute atomic E-state index is 11.9. The minimum absolute atomic E-state index is 0. The fourth-order valence-corrected chi connectivity index (χ4v) is 6.23. The molecule has 0 fully saturated rings. The van der Waals surface area contributed by atoms with Gasteiger partial charge in [0.05, 0.1) is 40.4 Å². The SMILES string of the molecule is C.CCl.CCl.CON.CON(C)C(=O)c1ccccc1Cl.Cc1ccncc1.NC(Cc1ccncc1)c1ccccc1Cl.O=C(Cc1ccncc1)c1ccccc1Cl.O=C(Cl)c1ccccc1Cl. The first-order valence-electron chi connectivity index (χ1n) is 20.2. The van der Waals surface area contributed by atoms with Crippen LogP contribution in [0.1, 0.15) is 66.8 Å². The molecular weight excluding hydrogens is 1040 g/mol. The number of pyridine rings is 3. The second kappa shape index (κ2) is 41.8. The van der Waals surface area contributed by atoms with Crippen LogP contribution in [0.2, 0.25) is 20.1 Å². The van der Waals surface area contributed by atoms with Crippen LogP contribution in [0.25, 0.3) is 0 Å². The van der Waals surface area contributed by atoms with Gasteiger partial charge in [-0.15, -0.1) is 23.2 Å². The highest BCUT2D eigenvalue weighted by Crippen LogP contribution is 2.24. The first-order chi connectivity index (χ1) is 33.2. The molecule has 70 heavy (non-hydrogen) atoms. The molecule has 1 atom stereocenters. The fourth-order valence-electron chi connectivity index (χ4n) is 5.06. The largest absolute Gasteiger partial charge is 0.324 e. The number of hydrogen-bond acceptors (Lipinski definition) is 10. The van der Waals surface area contributed by atoms with Crippen LogP contribution in [-0.4, -0.2) is 71.0 Å². The number of aryl methyl sites for hydroxylation is 1. The Balaban J connectivity index is 0. The molecule has 3 aromatic heterocycles. The van der Waals surface area contributed by atoms with Crippen molar-refractivity contribution in [2.45, 2.75) is 33.2 Å². The number of hydroxylamine groups is 2. The Hall–Kier alpha value is -4.99. The lowest BCUT2D eigenvalue weighted by Crippen LogP contribution is -2.25. The number of nitrogens with two attached hydrogens (primary N) is 2. The zero-order valence-corrected chi connectivity index (χ0v) is 44.1. The average Bonchev–Trinajstić information content (AvgIpc) is 3.37. The number of hydrogen-bond donors (Lipinski definition) is 2. The lowest BCUT2D eigenvalue weighted by molar-refractivity contribution is -0.0756. The molecule has 18 heteroatoms. The molecule has 3 heterocycles. The summed E-state index contributed by atoms with van der Waals surface area (Å²) < 4.78 is 0. The molecule has 0 spiro atoms. The Labute approximate surface area is 447 Å². The molecule has 0 aliphatic carbocycles. The van der Waals surface area contributed by atoms with E-state index in [1.54, 1.807) is 97.8 Å². The zero-order chi connectivity index (χ0) is 52.0. The number of carbonyl (C=O) groups excluding carboxylic acids is 3. The molecule has 0 radical (unpaired) electrons. The average molecular weight is 1100 g/mol. The smallest absolute Gasteiger partial charge is 0.278 e. The van der Waals surface area contributed by atoms with Crippen molar-refractivity contribution in [1.29, 1.82) is 0 Å². The molecule has 0 bridgehead atoms. The summed E-state index contributed by atoms with van der Waals surface area (Å²) in [5.41, 5.74) is 11.8. The Morgan fingerprint density at radius 2 is 0.929 bits per heavy atom. The second-order valence-corrected chi connectivity index (χ2v) is 15.1. The van der Waals surface area contributed by atoms with Crippen LogP contribution in [0.15, 0.2) is 171 Å². The van der Waals surface area contributed by atoms with Gasteiger partial charge in [0.1, 0.15) is 0 Å². The van der Waals surface area contributed by atoms with Crippen molar-refractivity contribution in [3.05, 3.63) is 230 Å². The van der Waals surface area contributed by atoms with Crippen LogP contribution in [0.5, 0.6) is 0 Å². The van der Waals surface area contributed by atoms with Gasteiger partial charge < -0.3 is 10.6 Å². The predicted molar refractivity (Wildman–Crippen MR) is 293 cm³/mol. The van der Waals surface area contributed by atoms with E-state index in [0.717, 1.165) is 27.6 Å². The summed E-state index contributed by atoms with van der Waals surface area (Å²) in [5.74, 6) is 4.12. The monoisotopic (exact) mass is 1090 g/mol. The van der Waals surface area contributed by atoms with Crippen molar-refractivity contribution in [2.24, 2.45) is 11.6 Å². The Bertz CT molecular complexity index is 2460. The summed E-state index contributed by atoms with van der Waals surface area (Å²) in [6.45, 7) is 2.04. The van der Waals surface area contributed by atoms with E-state index in [0.29, 0.717) is 38.2 Å². The van der Waals surface area contributed by atoms with E-state index < -0.39 is 5.24 Å². The van der Waals surface area contributed by atoms with Gasteiger partial charge in [-0.05, 0) is 126 Å². The number of halogens is 7. The number of rotatable bonds is 9. The van der Waals surface area contributed by atoms with Crippen molar-refractivity contribution in [2.75, 3.05) is 34.0 Å². The van der Waals surface area contributed by atoms with Gasteiger partial charge in [-0.3, -0.25) is 34.2 Å². The molecule has 11 nitrogen and oxygen atoms in total. The number of Topliss-reactive ketones (excluding diaryl/α,β-unsaturated/α-hetero) is 1. The quantitative estimate of drug-likeness (QED) is 0.0615. The number of carbonyl (C=O) groups is 3. The van der Waals surface area contributed by atoms with Gasteiger partial charge >= 0.3 is 0 Å². The molecule has 376 valence electrons. The van der Waals surface area contributed by atoms with Gasteiger partial charge in [-0.2, -0.15) is 0 Å². The molecule has 7 aromatic rings. The van der Waals surface area contributed by atoms with Crippen LogP contribution in [0.4, 0.5) is 0 Å². The number of alkyl halides is 2. The number of aromatic nitrogens is 3. The van der Waals surface area contributed by atoms with Crippen molar-refractivity contribution in [3.63, 3.8) is 0 Å². The number of benzene rings is 4. The lowest BCUT2D eigenvalue weighted by Gasteiger charge is -2.13. The van der Waals surface area contributed by atoms with E-state index in [2.05, 4.69) is 48.9 Å². The first kappa shape index (κ1) is 67.1. The van der Waals surface area contributed by atoms with Crippen LogP contribution in [0.3, 0.4) is 0 Å². The summed E-state index contributed by atoms with van der Waals surface area (Å²) in [5, 5.41) is 2.65. The topological polar surface area (TPSA) is 164 Å². The molecule has 4 N–H and O–H groups in total. The zero-order valence-electron chi connectivity index (χ0n) is 38.8. The standard InChI is InChI=1S/C13H13ClN2.C13H10ClNO.C9H10ClNO2.C7H4Cl2O.C6H7N.2CH3Cl.CH5NO.CH4/c14-12-4-2-1-3-11(12)13(15)9-10-5-7-16-8-6-10;14-12-4-2-1-3-11(12)13(16)9-10-5-7-15-8-6-10;1-11(13-2)9(12)7-5-3-4-6-8(7)10;8-6-4-2-1-3-5(6)7(9)10;1-6-2-4-7-5-3-6;2*1-2;1-3-2;/h1-8,13H,9,15H2;1-8H,9H2;3-6H,1-2H3;1-4H;2-5H,1H3;2*1H3;2H2,1H3;1H4. The summed E-state index contributed by atoms with van der Waals surface area (Å²) in [4.78, 5) is 54.2. The molecule has 0 saturated carbocycles. The predicted octanol–water partition coefficient (Wildman–Crippen LogP) is 14.1. The fraction of sp³-hybridized carbons (Fsp3) is 0.192. The minimum Gasteiger partial charge on any atom is -0.324 e. The maximum atomic E-state index is 11.9. The van der Waals surface area contributed by atoms with E-state index in [-0.39, 0.29) is 25.2 Å². The highest BCUT2D eigenvalue weighted by Gasteiger charge is 2.14. The second-order valence-electron chi connectivity index (χ2n) is 13.1.